The van der Waals surface area contributed by atoms with Gasteiger partial charge in [0.05, 0.1) is 0 Å². The number of piperidine rings is 1. The van der Waals surface area contributed by atoms with Crippen molar-refractivity contribution in [3.63, 3.8) is 0 Å². The van der Waals surface area contributed by atoms with Crippen molar-refractivity contribution < 1.29 is 4.79 Å². The predicted molar refractivity (Wildman–Crippen MR) is 118 cm³/mol. The van der Waals surface area contributed by atoms with Gasteiger partial charge in [0.15, 0.2) is 0 Å². The Morgan fingerprint density at radius 3 is 2.81 bits per heavy atom. The molecule has 7 nitrogen and oxygen atoms in total. The van der Waals surface area contributed by atoms with E-state index in [9.17, 15) is 10.1 Å². The number of hydrogen-bond donors (Lipinski definition) is 1. The third-order valence-corrected chi connectivity index (χ3v) is 6.69. The van der Waals surface area contributed by atoms with E-state index >= 15 is 0 Å². The monoisotopic (exact) mass is 414 g/mol. The van der Waals surface area contributed by atoms with Crippen molar-refractivity contribution in [1.82, 2.24) is 20.2 Å². The van der Waals surface area contributed by atoms with E-state index in [2.05, 4.69) is 56.6 Å². The second-order valence-electron chi connectivity index (χ2n) is 8.62. The molecule has 1 N–H and O–H groups in total. The average molecular weight is 415 g/mol. The molecule has 1 spiro atoms. The molecule has 1 amide bonds. The molecule has 2 aromatic rings. The summed E-state index contributed by atoms with van der Waals surface area (Å²) in [5, 5.41) is 12.7. The Kier molecular flexibility index (Phi) is 4.95. The number of aromatic nitrogens is 2. The number of carbonyl (C=O) groups is 1. The highest BCUT2D eigenvalue weighted by Gasteiger charge is 2.46. The molecule has 2 fully saturated rings. The third-order valence-electron chi connectivity index (χ3n) is 6.69. The first-order valence-corrected chi connectivity index (χ1v) is 10.9. The van der Waals surface area contributed by atoms with Gasteiger partial charge in [-0.2, -0.15) is 5.26 Å². The first-order valence-electron chi connectivity index (χ1n) is 10.9. The molecule has 0 saturated carbocycles. The maximum Gasteiger partial charge on any atom is 0.243 e. The number of nitrogens with one attached hydrogen (secondary N) is 1. The second-order valence-corrected chi connectivity index (χ2v) is 8.62. The summed E-state index contributed by atoms with van der Waals surface area (Å²) in [4.78, 5) is 26.5. The summed E-state index contributed by atoms with van der Waals surface area (Å²) in [6.07, 6.45) is 4.62. The van der Waals surface area contributed by atoms with Crippen LogP contribution < -0.4 is 10.2 Å². The minimum Gasteiger partial charge on any atom is -0.341 e. The Morgan fingerprint density at radius 1 is 1.19 bits per heavy atom. The van der Waals surface area contributed by atoms with E-state index in [-0.39, 0.29) is 5.91 Å². The molecular weight excluding hydrogens is 388 g/mol. The van der Waals surface area contributed by atoms with Crippen LogP contribution in [-0.4, -0.2) is 59.0 Å². The lowest BCUT2D eigenvalue weighted by atomic mass is 9.84. The molecule has 31 heavy (non-hydrogen) atoms. The second kappa shape index (κ2) is 7.78. The molecule has 158 valence electrons. The van der Waals surface area contributed by atoms with Gasteiger partial charge in [-0.05, 0) is 49.0 Å². The van der Waals surface area contributed by atoms with Crippen LogP contribution >= 0.6 is 0 Å². The number of allylic oxidation sites excluding steroid dienone is 1. The van der Waals surface area contributed by atoms with Gasteiger partial charge < -0.3 is 15.1 Å². The third kappa shape index (κ3) is 3.57. The number of carbonyl (C=O) groups excluding carboxylic acids is 1. The fourth-order valence-corrected chi connectivity index (χ4v) is 5.00. The van der Waals surface area contributed by atoms with Crippen LogP contribution in [0.4, 0.5) is 5.95 Å². The zero-order chi connectivity index (χ0) is 21.4. The van der Waals surface area contributed by atoms with Crippen LogP contribution in [0.5, 0.6) is 0 Å². The highest BCUT2D eigenvalue weighted by atomic mass is 16.2. The predicted octanol–water partition coefficient (Wildman–Crippen LogP) is 2.07. The molecule has 1 aromatic heterocycles. The number of hydrogen-bond acceptors (Lipinski definition) is 6. The van der Waals surface area contributed by atoms with Crippen LogP contribution in [-0.2, 0) is 11.2 Å². The lowest BCUT2D eigenvalue weighted by Gasteiger charge is -2.47. The summed E-state index contributed by atoms with van der Waals surface area (Å²) in [6, 6.07) is 12.3. The van der Waals surface area contributed by atoms with E-state index in [1.54, 1.807) is 6.07 Å². The summed E-state index contributed by atoms with van der Waals surface area (Å²) in [7, 11) is 0. The van der Waals surface area contributed by atoms with Gasteiger partial charge in [-0.15, -0.1) is 0 Å². The Balaban J connectivity index is 1.29. The topological polar surface area (TPSA) is 85.2 Å². The van der Waals surface area contributed by atoms with Crippen LogP contribution in [0.25, 0.3) is 5.57 Å². The molecule has 3 aliphatic rings. The summed E-state index contributed by atoms with van der Waals surface area (Å²) in [5.74, 6) is 0.783. The average Bonchev–Trinajstić information content (AvgIpc) is 3.20. The molecule has 5 rings (SSSR count). The summed E-state index contributed by atoms with van der Waals surface area (Å²) in [5.41, 5.74) is 4.53. The Bertz CT molecular complexity index is 1090. The van der Waals surface area contributed by atoms with Crippen molar-refractivity contribution in [1.29, 1.82) is 5.26 Å². The van der Waals surface area contributed by atoms with Gasteiger partial charge in [-0.1, -0.05) is 30.3 Å². The van der Waals surface area contributed by atoms with Crippen LogP contribution in [0.3, 0.4) is 0 Å². The molecule has 0 bridgehead atoms. The first kappa shape index (κ1) is 19.7. The van der Waals surface area contributed by atoms with Crippen LogP contribution in [0.2, 0.25) is 0 Å². The maximum atomic E-state index is 13.5. The SMILES string of the molecule is Cc1cc(C#N)nc(N2CCC3(CC2)NCCN(CC2=CCc4ccccc42)C3=O)n1. The summed E-state index contributed by atoms with van der Waals surface area (Å²) in [6.45, 7) is 5.46. The fourth-order valence-electron chi connectivity index (χ4n) is 5.00. The molecule has 0 unspecified atom stereocenters. The minimum atomic E-state index is -0.519. The first-order chi connectivity index (χ1) is 15.1. The molecule has 2 saturated heterocycles. The smallest absolute Gasteiger partial charge is 0.243 e. The lowest BCUT2D eigenvalue weighted by Crippen LogP contribution is -2.67. The lowest BCUT2D eigenvalue weighted by molar-refractivity contribution is -0.141. The van der Waals surface area contributed by atoms with Crippen molar-refractivity contribution in [3.05, 3.63) is 58.9 Å². The van der Waals surface area contributed by atoms with Crippen LogP contribution in [0.15, 0.2) is 36.4 Å². The zero-order valence-corrected chi connectivity index (χ0v) is 17.8. The van der Waals surface area contributed by atoms with E-state index in [0.29, 0.717) is 44.1 Å². The van der Waals surface area contributed by atoms with Gasteiger partial charge in [-0.25, -0.2) is 9.97 Å². The molecule has 1 aliphatic carbocycles. The standard InChI is InChI=1S/C24H26N6O/c1-17-14-20(15-25)28-23(27-17)29-11-8-24(9-12-29)22(31)30(13-10-26-24)16-19-7-6-18-4-2-3-5-21(18)19/h2-5,7,14,26H,6,8-13,16H2,1H3. The molecular formula is C24H26N6O. The quantitative estimate of drug-likeness (QED) is 0.828. The number of nitriles is 1. The number of fused-ring (bicyclic) bond motifs is 1. The Hall–Kier alpha value is -3.24. The number of amides is 1. The molecule has 2 aliphatic heterocycles. The zero-order valence-electron chi connectivity index (χ0n) is 17.8. The van der Waals surface area contributed by atoms with Crippen molar-refractivity contribution >= 4 is 17.4 Å². The van der Waals surface area contributed by atoms with E-state index in [4.69, 9.17) is 0 Å². The van der Waals surface area contributed by atoms with Crippen molar-refractivity contribution in [2.75, 3.05) is 37.6 Å². The number of aryl methyl sites for hydroxylation is 1. The molecule has 0 radical (unpaired) electrons. The van der Waals surface area contributed by atoms with Crippen LogP contribution in [0.1, 0.15) is 35.4 Å². The summed E-state index contributed by atoms with van der Waals surface area (Å²) < 4.78 is 0. The number of nitrogens with zero attached hydrogens (tertiary/aromatic N) is 5. The number of piperazine rings is 1. The van der Waals surface area contributed by atoms with Gasteiger partial charge in [-0.3, -0.25) is 4.79 Å². The van der Waals surface area contributed by atoms with Gasteiger partial charge in [0, 0.05) is 38.4 Å². The maximum absolute atomic E-state index is 13.5. The van der Waals surface area contributed by atoms with Gasteiger partial charge >= 0.3 is 0 Å². The number of rotatable bonds is 3. The normalized spacial score (nSPS) is 19.9. The summed E-state index contributed by atoms with van der Waals surface area (Å²) >= 11 is 0. The molecule has 7 heteroatoms. The highest BCUT2D eigenvalue weighted by Crippen LogP contribution is 2.32. The van der Waals surface area contributed by atoms with E-state index in [1.807, 2.05) is 11.8 Å². The van der Waals surface area contributed by atoms with Crippen molar-refractivity contribution in [3.8, 4) is 6.07 Å². The Morgan fingerprint density at radius 2 is 2.00 bits per heavy atom. The fraction of sp³-hybridized carbons (Fsp3) is 0.417. The minimum absolute atomic E-state index is 0.201. The van der Waals surface area contributed by atoms with E-state index < -0.39 is 5.54 Å². The number of anilines is 1. The molecule has 1 aromatic carbocycles. The van der Waals surface area contributed by atoms with Gasteiger partial charge in [0.1, 0.15) is 17.3 Å². The van der Waals surface area contributed by atoms with Crippen molar-refractivity contribution in [2.24, 2.45) is 0 Å². The highest BCUT2D eigenvalue weighted by molar-refractivity contribution is 5.89. The van der Waals surface area contributed by atoms with E-state index in [1.165, 1.54) is 16.7 Å². The largest absolute Gasteiger partial charge is 0.341 e. The molecule has 3 heterocycles. The van der Waals surface area contributed by atoms with E-state index in [0.717, 1.165) is 25.2 Å². The number of benzene rings is 1. The van der Waals surface area contributed by atoms with Gasteiger partial charge in [0.25, 0.3) is 0 Å². The molecule has 0 atom stereocenters. The van der Waals surface area contributed by atoms with Gasteiger partial charge in [0.2, 0.25) is 11.9 Å². The van der Waals surface area contributed by atoms with Crippen LogP contribution in [0, 0.1) is 18.3 Å². The Labute approximate surface area is 182 Å². The van der Waals surface area contributed by atoms with Crippen molar-refractivity contribution in [2.45, 2.75) is 31.7 Å².